The molecule has 4 nitrogen and oxygen atoms in total. The van der Waals surface area contributed by atoms with Crippen LogP contribution in [-0.4, -0.2) is 37.6 Å². The predicted octanol–water partition coefficient (Wildman–Crippen LogP) is 5.53. The predicted molar refractivity (Wildman–Crippen MR) is 131 cm³/mol. The maximum atomic E-state index is 13.3. The van der Waals surface area contributed by atoms with Gasteiger partial charge in [0.2, 0.25) is 5.91 Å². The maximum Gasteiger partial charge on any atom is 0.232 e. The Balaban J connectivity index is 1.36. The van der Waals surface area contributed by atoms with Crippen LogP contribution in [0.5, 0.6) is 5.75 Å². The van der Waals surface area contributed by atoms with Gasteiger partial charge in [0, 0.05) is 34.1 Å². The van der Waals surface area contributed by atoms with Gasteiger partial charge >= 0.3 is 0 Å². The molecule has 1 fully saturated rings. The fourth-order valence-electron chi connectivity index (χ4n) is 5.12. The highest BCUT2D eigenvalue weighted by atomic mass is 35.5. The van der Waals surface area contributed by atoms with E-state index in [9.17, 15) is 4.79 Å². The van der Waals surface area contributed by atoms with Crippen molar-refractivity contribution in [1.29, 1.82) is 0 Å². The number of thiophene rings is 1. The van der Waals surface area contributed by atoms with Gasteiger partial charge < -0.3 is 9.64 Å². The van der Waals surface area contributed by atoms with Gasteiger partial charge in [-0.2, -0.15) is 0 Å². The zero-order valence-electron chi connectivity index (χ0n) is 18.2. The number of anilines is 1. The first-order chi connectivity index (χ1) is 15.6. The summed E-state index contributed by atoms with van der Waals surface area (Å²) in [5.41, 5.74) is 3.55. The summed E-state index contributed by atoms with van der Waals surface area (Å²) in [6, 6.07) is 18.3. The molecular formula is C26H27ClN2O2S. The molecule has 2 aliphatic heterocycles. The first-order valence-electron chi connectivity index (χ1n) is 11.0. The van der Waals surface area contributed by atoms with E-state index in [2.05, 4.69) is 23.1 Å². The van der Waals surface area contributed by atoms with E-state index in [0.29, 0.717) is 6.42 Å². The monoisotopic (exact) mass is 466 g/mol. The van der Waals surface area contributed by atoms with E-state index < -0.39 is 0 Å². The summed E-state index contributed by atoms with van der Waals surface area (Å²) in [5.74, 6) is 1.04. The molecule has 3 heterocycles. The number of halogens is 1. The topological polar surface area (TPSA) is 32.8 Å². The molecule has 0 radical (unpaired) electrons. The van der Waals surface area contributed by atoms with Crippen molar-refractivity contribution in [2.24, 2.45) is 0 Å². The molecule has 32 heavy (non-hydrogen) atoms. The molecule has 1 aromatic heterocycles. The number of nitrogens with zero attached hydrogens (tertiary/aromatic N) is 2. The van der Waals surface area contributed by atoms with Crippen LogP contribution in [0.15, 0.2) is 60.0 Å². The summed E-state index contributed by atoms with van der Waals surface area (Å²) in [6.07, 6.45) is 2.51. The Morgan fingerprint density at radius 1 is 1.12 bits per heavy atom. The maximum absolute atomic E-state index is 13.3. The van der Waals surface area contributed by atoms with E-state index in [0.717, 1.165) is 60.4 Å². The van der Waals surface area contributed by atoms with Gasteiger partial charge in [-0.15, -0.1) is 11.3 Å². The Labute approximate surface area is 198 Å². The molecule has 1 spiro atoms. The molecule has 2 aliphatic rings. The number of piperidine rings is 1. The number of rotatable bonds is 5. The van der Waals surface area contributed by atoms with Gasteiger partial charge in [-0.1, -0.05) is 29.8 Å². The Bertz CT molecular complexity index is 1110. The van der Waals surface area contributed by atoms with Crippen LogP contribution in [0.25, 0.3) is 0 Å². The third-order valence-electron chi connectivity index (χ3n) is 6.84. The van der Waals surface area contributed by atoms with Crippen molar-refractivity contribution < 1.29 is 9.53 Å². The molecule has 2 aromatic carbocycles. The van der Waals surface area contributed by atoms with Crippen molar-refractivity contribution in [2.75, 3.05) is 31.6 Å². The molecule has 6 heteroatoms. The van der Waals surface area contributed by atoms with Crippen LogP contribution in [0.2, 0.25) is 5.02 Å². The lowest BCUT2D eigenvalue weighted by molar-refractivity contribution is -0.118. The summed E-state index contributed by atoms with van der Waals surface area (Å²) in [6.45, 7) is 3.65. The van der Waals surface area contributed by atoms with Crippen LogP contribution >= 0.6 is 22.9 Å². The smallest absolute Gasteiger partial charge is 0.232 e. The number of hydrogen-bond acceptors (Lipinski definition) is 4. The van der Waals surface area contributed by atoms with Crippen molar-refractivity contribution in [2.45, 2.75) is 31.2 Å². The van der Waals surface area contributed by atoms with Crippen LogP contribution in [0.1, 0.15) is 28.8 Å². The number of likely N-dealkylation sites (tertiary alicyclic amines) is 1. The van der Waals surface area contributed by atoms with Crippen LogP contribution in [0.4, 0.5) is 5.69 Å². The number of fused-ring (bicyclic) bond motifs is 2. The Morgan fingerprint density at radius 3 is 2.69 bits per heavy atom. The lowest BCUT2D eigenvalue weighted by Gasteiger charge is -2.40. The Kier molecular flexibility index (Phi) is 5.97. The molecule has 5 rings (SSSR count). The molecule has 0 N–H and O–H groups in total. The quantitative estimate of drug-likeness (QED) is 0.495. The molecular weight excluding hydrogens is 440 g/mol. The average Bonchev–Trinajstić information content (AvgIpc) is 3.42. The summed E-state index contributed by atoms with van der Waals surface area (Å²) in [5, 5.41) is 2.82. The largest absolute Gasteiger partial charge is 0.497 e. The Morgan fingerprint density at radius 2 is 1.97 bits per heavy atom. The first kappa shape index (κ1) is 21.5. The molecule has 0 saturated carbocycles. The fourth-order valence-corrected chi connectivity index (χ4v) is 6.02. The zero-order valence-corrected chi connectivity index (χ0v) is 19.8. The van der Waals surface area contributed by atoms with E-state index in [1.807, 2.05) is 46.7 Å². The minimum absolute atomic E-state index is 0.0141. The summed E-state index contributed by atoms with van der Waals surface area (Å²) in [4.78, 5) is 18.9. The number of ether oxygens (including phenoxy) is 1. The van der Waals surface area contributed by atoms with Crippen LogP contribution in [0, 0.1) is 0 Å². The minimum atomic E-state index is -0.0141. The summed E-state index contributed by atoms with van der Waals surface area (Å²) < 4.78 is 5.54. The number of hydrogen-bond donors (Lipinski definition) is 0. The third kappa shape index (κ3) is 4.17. The highest BCUT2D eigenvalue weighted by molar-refractivity contribution is 7.10. The lowest BCUT2D eigenvalue weighted by Crippen LogP contribution is -2.46. The van der Waals surface area contributed by atoms with Gasteiger partial charge in [-0.05, 0) is 78.8 Å². The van der Waals surface area contributed by atoms with E-state index in [4.69, 9.17) is 16.3 Å². The second-order valence-corrected chi connectivity index (χ2v) is 10.3. The lowest BCUT2D eigenvalue weighted by atomic mass is 9.74. The van der Waals surface area contributed by atoms with Crippen molar-refractivity contribution in [3.8, 4) is 5.75 Å². The van der Waals surface area contributed by atoms with Crippen molar-refractivity contribution in [1.82, 2.24) is 4.90 Å². The third-order valence-corrected chi connectivity index (χ3v) is 7.95. The van der Waals surface area contributed by atoms with Crippen LogP contribution in [0.3, 0.4) is 0 Å². The fraction of sp³-hybridized carbons (Fsp3) is 0.346. The standard InChI is InChI=1S/C26H27ClN2O2S/c1-31-21-7-8-24-23(15-21)26(18-29(24)25(30)16-22-6-3-13-32-22)9-11-28(12-10-26)17-19-4-2-5-20(27)14-19/h2-8,13-15H,9-12,16-18H2,1H3. The van der Waals surface area contributed by atoms with E-state index in [1.54, 1.807) is 18.4 Å². The number of amides is 1. The summed E-state index contributed by atoms with van der Waals surface area (Å²) >= 11 is 7.82. The van der Waals surface area contributed by atoms with Crippen molar-refractivity contribution in [3.63, 3.8) is 0 Å². The first-order valence-corrected chi connectivity index (χ1v) is 12.3. The second kappa shape index (κ2) is 8.89. The molecule has 0 bridgehead atoms. The van der Waals surface area contributed by atoms with Crippen LogP contribution in [-0.2, 0) is 23.2 Å². The van der Waals surface area contributed by atoms with Gasteiger partial charge in [-0.3, -0.25) is 9.69 Å². The van der Waals surface area contributed by atoms with Gasteiger partial charge in [-0.25, -0.2) is 0 Å². The number of carbonyl (C=O) groups excluding carboxylic acids is 1. The summed E-state index contributed by atoms with van der Waals surface area (Å²) in [7, 11) is 1.71. The SMILES string of the molecule is COc1ccc2c(c1)C1(CCN(Cc3cccc(Cl)c3)CC1)CN2C(=O)Cc1cccs1. The molecule has 1 amide bonds. The van der Waals surface area contributed by atoms with Gasteiger partial charge in [0.05, 0.1) is 13.5 Å². The van der Waals surface area contributed by atoms with E-state index in [1.165, 1.54) is 11.1 Å². The number of benzene rings is 2. The number of carbonyl (C=O) groups is 1. The Hall–Kier alpha value is -2.34. The van der Waals surface area contributed by atoms with Crippen molar-refractivity contribution >= 4 is 34.5 Å². The van der Waals surface area contributed by atoms with Gasteiger partial charge in [0.1, 0.15) is 5.75 Å². The van der Waals surface area contributed by atoms with Gasteiger partial charge in [0.25, 0.3) is 0 Å². The molecule has 0 unspecified atom stereocenters. The normalized spacial score (nSPS) is 17.5. The highest BCUT2D eigenvalue weighted by Crippen LogP contribution is 2.48. The molecule has 3 aromatic rings. The zero-order chi connectivity index (χ0) is 22.1. The van der Waals surface area contributed by atoms with E-state index >= 15 is 0 Å². The highest BCUT2D eigenvalue weighted by Gasteiger charge is 2.46. The minimum Gasteiger partial charge on any atom is -0.497 e. The second-order valence-electron chi connectivity index (χ2n) is 8.81. The number of methoxy groups -OCH3 is 1. The van der Waals surface area contributed by atoms with Gasteiger partial charge in [0.15, 0.2) is 0 Å². The van der Waals surface area contributed by atoms with E-state index in [-0.39, 0.29) is 11.3 Å². The molecule has 0 atom stereocenters. The van der Waals surface area contributed by atoms with Crippen molar-refractivity contribution in [3.05, 3.63) is 81.0 Å². The molecule has 0 aliphatic carbocycles. The molecule has 166 valence electrons. The molecule has 1 saturated heterocycles. The van der Waals surface area contributed by atoms with Crippen LogP contribution < -0.4 is 9.64 Å². The average molecular weight is 467 g/mol.